The molecule has 1 aliphatic heterocycles. The third-order valence-corrected chi connectivity index (χ3v) is 8.57. The Morgan fingerprint density at radius 1 is 1.21 bits per heavy atom. The minimum absolute atomic E-state index is 0.0180. The van der Waals surface area contributed by atoms with Crippen molar-refractivity contribution in [2.24, 2.45) is 0 Å². The topological polar surface area (TPSA) is 105 Å². The number of amides is 1. The van der Waals surface area contributed by atoms with Crippen molar-refractivity contribution >= 4 is 44.6 Å². The lowest BCUT2D eigenvalue weighted by molar-refractivity contribution is -0.120. The van der Waals surface area contributed by atoms with Crippen LogP contribution < -0.4 is 5.32 Å². The summed E-state index contributed by atoms with van der Waals surface area (Å²) in [6, 6.07) is 6.32. The summed E-state index contributed by atoms with van der Waals surface area (Å²) in [5, 5.41) is 14.0. The van der Waals surface area contributed by atoms with Crippen LogP contribution in [0.2, 0.25) is 0 Å². The number of piperidine rings is 1. The van der Waals surface area contributed by atoms with Crippen LogP contribution in [-0.2, 0) is 21.2 Å². The third-order valence-electron chi connectivity index (χ3n) is 4.42. The average molecular weight is 439 g/mol. The maximum absolute atomic E-state index is 12.9. The van der Waals surface area contributed by atoms with Crippen LogP contribution in [0.3, 0.4) is 0 Å². The van der Waals surface area contributed by atoms with Gasteiger partial charge >= 0.3 is 6.01 Å². The predicted octanol–water partition coefficient (Wildman–Crippen LogP) is 2.97. The lowest BCUT2D eigenvalue weighted by Crippen LogP contribution is -2.49. The summed E-state index contributed by atoms with van der Waals surface area (Å²) in [5.41, 5.74) is 0. The Labute approximate surface area is 170 Å². The maximum Gasteiger partial charge on any atom is 0.322 e. The number of rotatable bonds is 6. The summed E-state index contributed by atoms with van der Waals surface area (Å²) >= 11 is 2.72. The highest BCUT2D eigenvalue weighted by Gasteiger charge is 2.38. The summed E-state index contributed by atoms with van der Waals surface area (Å²) in [5.74, 6) is -0.0596. The van der Waals surface area contributed by atoms with Crippen molar-refractivity contribution in [3.8, 4) is 0 Å². The molecule has 1 amide bonds. The Hall–Kier alpha value is -2.08. The minimum atomic E-state index is -3.71. The van der Waals surface area contributed by atoms with Gasteiger partial charge in [0.2, 0.25) is 11.8 Å². The molecule has 8 nitrogen and oxygen atoms in total. The third kappa shape index (κ3) is 4.02. The molecule has 3 aromatic heterocycles. The molecule has 3 aromatic rings. The van der Waals surface area contributed by atoms with Crippen LogP contribution in [0.5, 0.6) is 0 Å². The van der Waals surface area contributed by atoms with Crippen molar-refractivity contribution in [3.05, 3.63) is 45.8 Å². The zero-order chi connectivity index (χ0) is 19.6. The minimum Gasteiger partial charge on any atom is -0.407 e. The van der Waals surface area contributed by atoms with Gasteiger partial charge < -0.3 is 4.42 Å². The Morgan fingerprint density at radius 2 is 2.04 bits per heavy atom. The van der Waals surface area contributed by atoms with E-state index in [-0.39, 0.29) is 10.2 Å². The smallest absolute Gasteiger partial charge is 0.322 e. The van der Waals surface area contributed by atoms with Crippen molar-refractivity contribution in [1.29, 1.82) is 0 Å². The van der Waals surface area contributed by atoms with E-state index in [1.807, 2.05) is 17.5 Å². The number of thiophene rings is 2. The quantitative estimate of drug-likeness (QED) is 0.634. The van der Waals surface area contributed by atoms with Crippen LogP contribution in [-0.4, -0.2) is 41.4 Å². The van der Waals surface area contributed by atoms with Gasteiger partial charge in [-0.25, -0.2) is 8.42 Å². The molecule has 4 rings (SSSR count). The van der Waals surface area contributed by atoms with Gasteiger partial charge in [0.15, 0.2) is 0 Å². The van der Waals surface area contributed by atoms with Gasteiger partial charge in [-0.15, -0.1) is 27.8 Å². The number of hydrogen-bond donors (Lipinski definition) is 1. The fourth-order valence-electron chi connectivity index (χ4n) is 3.11. The van der Waals surface area contributed by atoms with E-state index in [4.69, 9.17) is 4.42 Å². The molecule has 1 aliphatic rings. The van der Waals surface area contributed by atoms with Gasteiger partial charge in [0, 0.05) is 11.4 Å². The number of hydrogen-bond acceptors (Lipinski definition) is 8. The van der Waals surface area contributed by atoms with E-state index in [0.29, 0.717) is 25.3 Å². The molecule has 0 spiro atoms. The van der Waals surface area contributed by atoms with Crippen LogP contribution in [0.1, 0.15) is 30.0 Å². The molecule has 1 N–H and O–H groups in total. The Bertz CT molecular complexity index is 1030. The second-order valence-corrected chi connectivity index (χ2v) is 10.4. The lowest BCUT2D eigenvalue weighted by atomic mass is 10.0. The first-order valence-corrected chi connectivity index (χ1v) is 11.9. The number of carbonyl (C=O) groups excluding carboxylic acids is 1. The highest BCUT2D eigenvalue weighted by Crippen LogP contribution is 2.28. The first-order valence-electron chi connectivity index (χ1n) is 8.75. The summed E-state index contributed by atoms with van der Waals surface area (Å²) in [6.07, 6.45) is 2.44. The summed E-state index contributed by atoms with van der Waals surface area (Å²) in [6.45, 7) is 0.311. The van der Waals surface area contributed by atoms with Gasteiger partial charge in [0.1, 0.15) is 10.3 Å². The second-order valence-electron chi connectivity index (χ2n) is 6.31. The molecule has 1 atom stereocenters. The van der Waals surface area contributed by atoms with Gasteiger partial charge in [-0.05, 0) is 35.7 Å². The summed E-state index contributed by atoms with van der Waals surface area (Å²) in [4.78, 5) is 13.9. The van der Waals surface area contributed by atoms with E-state index < -0.39 is 22.0 Å². The maximum atomic E-state index is 12.9. The van der Waals surface area contributed by atoms with Crippen molar-refractivity contribution < 1.29 is 17.6 Å². The Morgan fingerprint density at radius 3 is 2.79 bits per heavy atom. The summed E-state index contributed by atoms with van der Waals surface area (Å²) < 4.78 is 32.8. The fourth-order valence-corrected chi connectivity index (χ4v) is 6.58. The molecule has 148 valence electrons. The molecule has 0 bridgehead atoms. The SMILES string of the molecule is O=C(Nc1nnc(Cc2cccs2)o1)C1CCCCN1S(=O)(=O)c1cccs1. The zero-order valence-electron chi connectivity index (χ0n) is 14.8. The van der Waals surface area contributed by atoms with E-state index in [9.17, 15) is 13.2 Å². The number of sulfonamides is 1. The normalized spacial score (nSPS) is 18.2. The van der Waals surface area contributed by atoms with E-state index in [1.54, 1.807) is 28.8 Å². The van der Waals surface area contributed by atoms with E-state index in [0.717, 1.165) is 29.1 Å². The highest BCUT2D eigenvalue weighted by molar-refractivity contribution is 7.91. The standard InChI is InChI=1S/C17H18N4O4S3/c22-16(18-17-20-19-14(25-17)11-12-5-3-9-26-12)13-6-1-2-8-21(13)28(23,24)15-7-4-10-27-15/h3-5,7,9-10,13H,1-2,6,8,11H2,(H,18,20,22). The molecular formula is C17H18N4O4S3. The summed E-state index contributed by atoms with van der Waals surface area (Å²) in [7, 11) is -3.71. The van der Waals surface area contributed by atoms with Gasteiger partial charge in [-0.1, -0.05) is 23.7 Å². The van der Waals surface area contributed by atoms with Crippen molar-refractivity contribution in [2.75, 3.05) is 11.9 Å². The monoisotopic (exact) mass is 438 g/mol. The molecular weight excluding hydrogens is 420 g/mol. The molecule has 4 heterocycles. The van der Waals surface area contributed by atoms with Crippen LogP contribution in [0.25, 0.3) is 0 Å². The lowest BCUT2D eigenvalue weighted by Gasteiger charge is -2.32. The molecule has 1 saturated heterocycles. The van der Waals surface area contributed by atoms with Crippen LogP contribution in [0.15, 0.2) is 43.7 Å². The Kier molecular flexibility index (Phi) is 5.58. The molecule has 0 aromatic carbocycles. The predicted molar refractivity (Wildman–Crippen MR) is 106 cm³/mol. The van der Waals surface area contributed by atoms with Crippen LogP contribution in [0, 0.1) is 0 Å². The fraction of sp³-hybridized carbons (Fsp3) is 0.353. The molecule has 0 aliphatic carbocycles. The number of anilines is 1. The van der Waals surface area contributed by atoms with Gasteiger partial charge in [0.25, 0.3) is 10.0 Å². The number of aromatic nitrogens is 2. The van der Waals surface area contributed by atoms with E-state index in [1.165, 1.54) is 4.31 Å². The van der Waals surface area contributed by atoms with Crippen LogP contribution >= 0.6 is 22.7 Å². The highest BCUT2D eigenvalue weighted by atomic mass is 32.2. The first-order chi connectivity index (χ1) is 13.5. The van der Waals surface area contributed by atoms with Gasteiger partial charge in [0.05, 0.1) is 6.42 Å². The Balaban J connectivity index is 1.48. The molecule has 0 saturated carbocycles. The van der Waals surface area contributed by atoms with E-state index in [2.05, 4.69) is 15.5 Å². The molecule has 1 fully saturated rings. The van der Waals surface area contributed by atoms with Crippen LogP contribution in [0.4, 0.5) is 6.01 Å². The second kappa shape index (κ2) is 8.11. The largest absolute Gasteiger partial charge is 0.407 e. The number of nitrogens with zero attached hydrogens (tertiary/aromatic N) is 3. The number of nitrogens with one attached hydrogen (secondary N) is 1. The number of carbonyl (C=O) groups is 1. The first kappa shape index (κ1) is 19.2. The van der Waals surface area contributed by atoms with E-state index >= 15 is 0 Å². The van der Waals surface area contributed by atoms with Crippen molar-refractivity contribution in [1.82, 2.24) is 14.5 Å². The van der Waals surface area contributed by atoms with Gasteiger partial charge in [-0.2, -0.15) is 4.31 Å². The molecule has 11 heteroatoms. The van der Waals surface area contributed by atoms with Gasteiger partial charge in [-0.3, -0.25) is 10.1 Å². The zero-order valence-corrected chi connectivity index (χ0v) is 17.2. The molecule has 0 radical (unpaired) electrons. The van der Waals surface area contributed by atoms with Crippen molar-refractivity contribution in [3.63, 3.8) is 0 Å². The average Bonchev–Trinajstić information content (AvgIpc) is 3.45. The molecule has 1 unspecified atom stereocenters. The van der Waals surface area contributed by atoms with Crippen molar-refractivity contribution in [2.45, 2.75) is 35.9 Å². The molecule has 28 heavy (non-hydrogen) atoms.